The normalized spacial score (nSPS) is 9.75. The highest BCUT2D eigenvalue weighted by atomic mass is 79.9. The van der Waals surface area contributed by atoms with E-state index in [1.165, 1.54) is 12.1 Å². The fourth-order valence-electron chi connectivity index (χ4n) is 0.850. The van der Waals surface area contributed by atoms with Crippen molar-refractivity contribution in [2.75, 3.05) is 0 Å². The van der Waals surface area contributed by atoms with Gasteiger partial charge >= 0.3 is 5.97 Å². The average molecular weight is 225 g/mol. The second-order valence-electron chi connectivity index (χ2n) is 2.35. The Kier molecular flexibility index (Phi) is 2.92. The summed E-state index contributed by atoms with van der Waals surface area (Å²) in [7, 11) is 5.58. The molecule has 4 heteroatoms. The van der Waals surface area contributed by atoms with Crippen LogP contribution in [0, 0.1) is 0 Å². The molecular formula is C8H6BBrO2. The van der Waals surface area contributed by atoms with Crippen molar-refractivity contribution in [3.05, 3.63) is 29.3 Å². The Hall–Kier alpha value is -0.765. The summed E-state index contributed by atoms with van der Waals surface area (Å²) in [6.07, 6.45) is 0. The zero-order chi connectivity index (χ0) is 9.14. The van der Waals surface area contributed by atoms with Gasteiger partial charge in [-0.25, -0.2) is 4.79 Å². The molecule has 0 saturated heterocycles. The van der Waals surface area contributed by atoms with E-state index in [2.05, 4.69) is 15.9 Å². The lowest BCUT2D eigenvalue weighted by Gasteiger charge is -2.02. The standard InChI is InChI=1S/C8H6BBrO2/c9-7-3-5(8(11)12)1-2-6(7)4-10/h1-3H,4H2,(H,11,12). The Morgan fingerprint density at radius 2 is 2.25 bits per heavy atom. The quantitative estimate of drug-likeness (QED) is 0.603. The minimum Gasteiger partial charge on any atom is -0.478 e. The third-order valence-electron chi connectivity index (χ3n) is 1.54. The van der Waals surface area contributed by atoms with Gasteiger partial charge in [0.1, 0.15) is 7.85 Å². The molecule has 2 radical (unpaired) electrons. The SMILES string of the molecule is [B]c1cc(C(=O)O)ccc1CBr. The Labute approximate surface area is 80.1 Å². The molecule has 0 heterocycles. The Balaban J connectivity index is 3.10. The molecule has 60 valence electrons. The molecule has 1 aromatic rings. The molecule has 0 aliphatic rings. The second-order valence-corrected chi connectivity index (χ2v) is 2.91. The Morgan fingerprint density at radius 3 is 2.67 bits per heavy atom. The lowest BCUT2D eigenvalue weighted by molar-refractivity contribution is 0.0697. The van der Waals surface area contributed by atoms with Crippen molar-refractivity contribution in [3.63, 3.8) is 0 Å². The molecule has 0 aliphatic heterocycles. The van der Waals surface area contributed by atoms with Crippen molar-refractivity contribution in [3.8, 4) is 0 Å². The van der Waals surface area contributed by atoms with E-state index >= 15 is 0 Å². The zero-order valence-electron chi connectivity index (χ0n) is 6.25. The summed E-state index contributed by atoms with van der Waals surface area (Å²) in [5.41, 5.74) is 1.63. The van der Waals surface area contributed by atoms with Crippen LogP contribution in [0.5, 0.6) is 0 Å². The van der Waals surface area contributed by atoms with Crippen LogP contribution in [0.2, 0.25) is 0 Å². The number of aromatic carboxylic acids is 1. The molecule has 0 bridgehead atoms. The monoisotopic (exact) mass is 224 g/mol. The number of hydrogen-bond acceptors (Lipinski definition) is 1. The summed E-state index contributed by atoms with van der Waals surface area (Å²) in [6.45, 7) is 0. The first-order chi connectivity index (χ1) is 5.65. The van der Waals surface area contributed by atoms with Crippen molar-refractivity contribution in [1.29, 1.82) is 0 Å². The highest BCUT2D eigenvalue weighted by molar-refractivity contribution is 9.08. The lowest BCUT2D eigenvalue weighted by Crippen LogP contribution is -2.11. The maximum atomic E-state index is 10.5. The van der Waals surface area contributed by atoms with Crippen molar-refractivity contribution in [2.45, 2.75) is 5.33 Å². The number of rotatable bonds is 2. The van der Waals surface area contributed by atoms with Gasteiger partial charge in [0.25, 0.3) is 0 Å². The first-order valence-electron chi connectivity index (χ1n) is 3.33. The van der Waals surface area contributed by atoms with Crippen LogP contribution in [0.4, 0.5) is 0 Å². The summed E-state index contributed by atoms with van der Waals surface area (Å²) in [5, 5.41) is 9.24. The largest absolute Gasteiger partial charge is 0.478 e. The number of hydrogen-bond donors (Lipinski definition) is 1. The molecule has 0 spiro atoms. The molecule has 2 nitrogen and oxygen atoms in total. The summed E-state index contributed by atoms with van der Waals surface area (Å²) in [5.74, 6) is -0.956. The fourth-order valence-corrected chi connectivity index (χ4v) is 1.36. The summed E-state index contributed by atoms with van der Waals surface area (Å²) >= 11 is 3.24. The number of halogens is 1. The number of alkyl halides is 1. The second kappa shape index (κ2) is 3.76. The van der Waals surface area contributed by atoms with Crippen LogP contribution >= 0.6 is 15.9 Å². The van der Waals surface area contributed by atoms with E-state index in [1.54, 1.807) is 6.07 Å². The molecule has 1 rings (SSSR count). The average Bonchev–Trinajstić information content (AvgIpc) is 2.04. The highest BCUT2D eigenvalue weighted by Crippen LogP contribution is 2.04. The molecule has 1 aromatic carbocycles. The number of carboxylic acids is 1. The van der Waals surface area contributed by atoms with Gasteiger partial charge in [-0.05, 0) is 11.6 Å². The van der Waals surface area contributed by atoms with E-state index in [0.717, 1.165) is 5.56 Å². The topological polar surface area (TPSA) is 37.3 Å². The van der Waals surface area contributed by atoms with Gasteiger partial charge < -0.3 is 5.11 Å². The van der Waals surface area contributed by atoms with E-state index in [4.69, 9.17) is 13.0 Å². The van der Waals surface area contributed by atoms with E-state index in [0.29, 0.717) is 10.8 Å². The first kappa shape index (κ1) is 9.32. The predicted molar refractivity (Wildman–Crippen MR) is 51.4 cm³/mol. The zero-order valence-corrected chi connectivity index (χ0v) is 7.84. The van der Waals surface area contributed by atoms with Gasteiger partial charge in [-0.15, -0.1) is 0 Å². The molecule has 0 atom stereocenters. The molecule has 0 amide bonds. The molecule has 0 aromatic heterocycles. The first-order valence-corrected chi connectivity index (χ1v) is 4.45. The molecule has 0 fully saturated rings. The van der Waals surface area contributed by atoms with E-state index in [1.807, 2.05) is 0 Å². The van der Waals surface area contributed by atoms with Crippen LogP contribution in [0.25, 0.3) is 0 Å². The summed E-state index contributed by atoms with van der Waals surface area (Å²) < 4.78 is 0. The van der Waals surface area contributed by atoms with Crippen molar-refractivity contribution in [2.24, 2.45) is 0 Å². The summed E-state index contributed by atoms with van der Waals surface area (Å²) in [6, 6.07) is 4.70. The van der Waals surface area contributed by atoms with Gasteiger partial charge in [0.05, 0.1) is 5.56 Å². The molecule has 12 heavy (non-hydrogen) atoms. The molecule has 0 saturated carbocycles. The third kappa shape index (κ3) is 1.88. The predicted octanol–water partition coefficient (Wildman–Crippen LogP) is 1.07. The van der Waals surface area contributed by atoms with Crippen LogP contribution in [0.15, 0.2) is 18.2 Å². The van der Waals surface area contributed by atoms with Crippen LogP contribution in [-0.4, -0.2) is 18.9 Å². The fraction of sp³-hybridized carbons (Fsp3) is 0.125. The van der Waals surface area contributed by atoms with Crippen molar-refractivity contribution in [1.82, 2.24) is 0 Å². The molecule has 0 unspecified atom stereocenters. The maximum absolute atomic E-state index is 10.5. The third-order valence-corrected chi connectivity index (χ3v) is 2.14. The molecule has 1 N–H and O–H groups in total. The number of carbonyl (C=O) groups is 1. The van der Waals surface area contributed by atoms with E-state index < -0.39 is 5.97 Å². The van der Waals surface area contributed by atoms with Crippen molar-refractivity contribution < 1.29 is 9.90 Å². The van der Waals surface area contributed by atoms with E-state index in [9.17, 15) is 4.79 Å². The highest BCUT2D eigenvalue weighted by Gasteiger charge is 2.03. The number of benzene rings is 1. The van der Waals surface area contributed by atoms with E-state index in [-0.39, 0.29) is 5.56 Å². The molecule has 0 aliphatic carbocycles. The van der Waals surface area contributed by atoms with Gasteiger partial charge in [-0.2, -0.15) is 0 Å². The van der Waals surface area contributed by atoms with Crippen LogP contribution in [0.1, 0.15) is 15.9 Å². The Bertz CT molecular complexity index is 312. The minimum atomic E-state index is -0.956. The van der Waals surface area contributed by atoms with Gasteiger partial charge in [0, 0.05) is 5.33 Å². The maximum Gasteiger partial charge on any atom is 0.335 e. The lowest BCUT2D eigenvalue weighted by atomic mass is 9.90. The van der Waals surface area contributed by atoms with Crippen LogP contribution < -0.4 is 5.46 Å². The van der Waals surface area contributed by atoms with Crippen LogP contribution in [0.3, 0.4) is 0 Å². The smallest absolute Gasteiger partial charge is 0.335 e. The van der Waals surface area contributed by atoms with Crippen molar-refractivity contribution >= 4 is 35.2 Å². The van der Waals surface area contributed by atoms with Crippen LogP contribution in [-0.2, 0) is 5.33 Å². The summed E-state index contributed by atoms with van der Waals surface area (Å²) in [4.78, 5) is 10.5. The number of carboxylic acid groups (broad SMARTS) is 1. The van der Waals surface area contributed by atoms with Gasteiger partial charge in [0.15, 0.2) is 0 Å². The Morgan fingerprint density at radius 1 is 1.58 bits per heavy atom. The minimum absolute atomic E-state index is 0.220. The van der Waals surface area contributed by atoms with Gasteiger partial charge in [-0.1, -0.05) is 33.5 Å². The van der Waals surface area contributed by atoms with Gasteiger partial charge in [-0.3, -0.25) is 0 Å². The molecular weight excluding hydrogens is 219 g/mol. The van der Waals surface area contributed by atoms with Gasteiger partial charge in [0.2, 0.25) is 0 Å².